The molecule has 1 atom stereocenters. The summed E-state index contributed by atoms with van der Waals surface area (Å²) in [4.78, 5) is 17.1. The topological polar surface area (TPSA) is 43.8 Å². The lowest BCUT2D eigenvalue weighted by Gasteiger charge is -2.33. The molecule has 0 bridgehead atoms. The highest BCUT2D eigenvalue weighted by molar-refractivity contribution is 5.94. The number of carbonyl (C=O) groups is 1. The van der Waals surface area contributed by atoms with Crippen LogP contribution in [-0.2, 0) is 6.54 Å². The van der Waals surface area contributed by atoms with E-state index in [4.69, 9.17) is 0 Å². The number of amides is 1. The van der Waals surface area contributed by atoms with Crippen molar-refractivity contribution in [2.24, 2.45) is 5.92 Å². The van der Waals surface area contributed by atoms with Crippen LogP contribution >= 0.6 is 0 Å². The van der Waals surface area contributed by atoms with Gasteiger partial charge in [0.25, 0.3) is 5.91 Å². The van der Waals surface area contributed by atoms with Crippen LogP contribution in [0.4, 0.5) is 0 Å². The Balaban J connectivity index is 1.58. The summed E-state index contributed by atoms with van der Waals surface area (Å²) in [7, 11) is 0. The highest BCUT2D eigenvalue weighted by atomic mass is 16.3. The van der Waals surface area contributed by atoms with Crippen LogP contribution in [0.5, 0.6) is 0 Å². The first-order chi connectivity index (χ1) is 11.6. The van der Waals surface area contributed by atoms with Gasteiger partial charge in [0, 0.05) is 25.2 Å². The van der Waals surface area contributed by atoms with Crippen LogP contribution in [0.1, 0.15) is 54.9 Å². The minimum atomic E-state index is -0.197. The maximum absolute atomic E-state index is 12.6. The van der Waals surface area contributed by atoms with Crippen molar-refractivity contribution in [3.05, 3.63) is 35.4 Å². The minimum absolute atomic E-state index is 0.185. The van der Waals surface area contributed by atoms with Crippen molar-refractivity contribution in [1.82, 2.24) is 9.80 Å². The standard InChI is InChI=1S/C20H30N2O2/c1-16(23)18-8-12-21(13-9-18)15-17-6-5-7-19(14-17)20(24)22-10-3-2-4-11-22/h5-7,14,16,18,23H,2-4,8-13,15H2,1H3. The third-order valence-electron chi connectivity index (χ3n) is 5.54. The summed E-state index contributed by atoms with van der Waals surface area (Å²) >= 11 is 0. The highest BCUT2D eigenvalue weighted by Crippen LogP contribution is 2.22. The van der Waals surface area contributed by atoms with Gasteiger partial charge >= 0.3 is 0 Å². The van der Waals surface area contributed by atoms with Crippen molar-refractivity contribution in [3.8, 4) is 0 Å². The molecule has 4 nitrogen and oxygen atoms in total. The molecule has 1 aromatic carbocycles. The fourth-order valence-electron chi connectivity index (χ4n) is 3.93. The molecule has 0 aromatic heterocycles. The Hall–Kier alpha value is -1.39. The van der Waals surface area contributed by atoms with Crippen LogP contribution < -0.4 is 0 Å². The molecule has 132 valence electrons. The normalized spacial score (nSPS) is 21.7. The third-order valence-corrected chi connectivity index (χ3v) is 5.54. The summed E-state index contributed by atoms with van der Waals surface area (Å²) in [5, 5.41) is 9.71. The van der Waals surface area contributed by atoms with Gasteiger partial charge < -0.3 is 10.0 Å². The number of hydrogen-bond acceptors (Lipinski definition) is 3. The molecule has 1 unspecified atom stereocenters. The molecule has 0 radical (unpaired) electrons. The quantitative estimate of drug-likeness (QED) is 0.923. The third kappa shape index (κ3) is 4.37. The molecule has 24 heavy (non-hydrogen) atoms. The average Bonchev–Trinajstić information content (AvgIpc) is 2.62. The first-order valence-corrected chi connectivity index (χ1v) is 9.42. The Morgan fingerprint density at radius 1 is 1.17 bits per heavy atom. The number of benzene rings is 1. The zero-order chi connectivity index (χ0) is 16.9. The number of aliphatic hydroxyl groups is 1. The Morgan fingerprint density at radius 3 is 2.54 bits per heavy atom. The van der Waals surface area contributed by atoms with Crippen molar-refractivity contribution in [2.75, 3.05) is 26.2 Å². The van der Waals surface area contributed by atoms with E-state index in [0.29, 0.717) is 5.92 Å². The molecule has 4 heteroatoms. The van der Waals surface area contributed by atoms with Crippen molar-refractivity contribution < 1.29 is 9.90 Å². The van der Waals surface area contributed by atoms with Gasteiger partial charge in [-0.3, -0.25) is 9.69 Å². The van der Waals surface area contributed by atoms with Gasteiger partial charge in [0.15, 0.2) is 0 Å². The average molecular weight is 330 g/mol. The van der Waals surface area contributed by atoms with Gasteiger partial charge in [0.1, 0.15) is 0 Å². The molecule has 2 saturated heterocycles. The van der Waals surface area contributed by atoms with Crippen LogP contribution in [0.25, 0.3) is 0 Å². The van der Waals surface area contributed by atoms with E-state index in [9.17, 15) is 9.90 Å². The van der Waals surface area contributed by atoms with Gasteiger partial charge in [-0.1, -0.05) is 12.1 Å². The molecular weight excluding hydrogens is 300 g/mol. The Morgan fingerprint density at radius 2 is 1.88 bits per heavy atom. The van der Waals surface area contributed by atoms with Gasteiger partial charge in [-0.05, 0) is 75.7 Å². The molecule has 2 heterocycles. The van der Waals surface area contributed by atoms with E-state index < -0.39 is 0 Å². The number of carbonyl (C=O) groups excluding carboxylic acids is 1. The van der Waals surface area contributed by atoms with Gasteiger partial charge in [-0.2, -0.15) is 0 Å². The molecule has 0 aliphatic carbocycles. The molecule has 3 rings (SSSR count). The Labute approximate surface area is 145 Å². The second-order valence-electron chi connectivity index (χ2n) is 7.41. The van der Waals surface area contributed by atoms with Crippen LogP contribution in [0.2, 0.25) is 0 Å². The van der Waals surface area contributed by atoms with Crippen LogP contribution in [0.15, 0.2) is 24.3 Å². The molecule has 2 aliphatic heterocycles. The van der Waals surface area contributed by atoms with Gasteiger partial charge in [-0.15, -0.1) is 0 Å². The van der Waals surface area contributed by atoms with Gasteiger partial charge in [0.05, 0.1) is 6.10 Å². The number of rotatable bonds is 4. The van der Waals surface area contributed by atoms with Crippen molar-refractivity contribution >= 4 is 5.91 Å². The smallest absolute Gasteiger partial charge is 0.253 e. The summed E-state index contributed by atoms with van der Waals surface area (Å²) in [5.74, 6) is 0.623. The fraction of sp³-hybridized carbons (Fsp3) is 0.650. The number of likely N-dealkylation sites (tertiary alicyclic amines) is 2. The van der Waals surface area contributed by atoms with E-state index in [-0.39, 0.29) is 12.0 Å². The molecule has 1 aromatic rings. The molecule has 0 spiro atoms. The van der Waals surface area contributed by atoms with Crippen molar-refractivity contribution in [3.63, 3.8) is 0 Å². The minimum Gasteiger partial charge on any atom is -0.393 e. The lowest BCUT2D eigenvalue weighted by molar-refractivity contribution is 0.0691. The van der Waals surface area contributed by atoms with E-state index in [0.717, 1.165) is 64.0 Å². The summed E-state index contributed by atoms with van der Waals surface area (Å²) in [6.07, 6.45) is 5.42. The second-order valence-corrected chi connectivity index (χ2v) is 7.41. The largest absolute Gasteiger partial charge is 0.393 e. The molecular formula is C20H30N2O2. The number of aliphatic hydroxyl groups excluding tert-OH is 1. The summed E-state index contributed by atoms with van der Waals surface area (Å²) in [6, 6.07) is 8.14. The summed E-state index contributed by atoms with van der Waals surface area (Å²) < 4.78 is 0. The zero-order valence-electron chi connectivity index (χ0n) is 14.8. The molecule has 0 saturated carbocycles. The monoisotopic (exact) mass is 330 g/mol. The predicted octanol–water partition coefficient (Wildman–Crippen LogP) is 2.91. The van der Waals surface area contributed by atoms with Crippen molar-refractivity contribution in [1.29, 1.82) is 0 Å². The SMILES string of the molecule is CC(O)C1CCN(Cc2cccc(C(=O)N3CCCCC3)c2)CC1. The van der Waals surface area contributed by atoms with E-state index in [1.807, 2.05) is 24.0 Å². The molecule has 1 amide bonds. The number of hydrogen-bond donors (Lipinski definition) is 1. The zero-order valence-corrected chi connectivity index (χ0v) is 14.8. The van der Waals surface area contributed by atoms with E-state index >= 15 is 0 Å². The maximum Gasteiger partial charge on any atom is 0.253 e. The lowest BCUT2D eigenvalue weighted by atomic mass is 9.92. The first kappa shape index (κ1) is 17.4. The maximum atomic E-state index is 12.6. The first-order valence-electron chi connectivity index (χ1n) is 9.42. The fourth-order valence-corrected chi connectivity index (χ4v) is 3.93. The number of piperidine rings is 2. The van der Waals surface area contributed by atoms with Crippen LogP contribution in [0.3, 0.4) is 0 Å². The van der Waals surface area contributed by atoms with Gasteiger partial charge in [-0.25, -0.2) is 0 Å². The van der Waals surface area contributed by atoms with Crippen LogP contribution in [0, 0.1) is 5.92 Å². The number of nitrogens with zero attached hydrogens (tertiary/aromatic N) is 2. The van der Waals surface area contributed by atoms with E-state index in [2.05, 4.69) is 17.0 Å². The molecule has 1 N–H and O–H groups in total. The molecule has 2 aliphatic rings. The van der Waals surface area contributed by atoms with Crippen molar-refractivity contribution in [2.45, 2.75) is 51.7 Å². The lowest BCUT2D eigenvalue weighted by Crippen LogP contribution is -2.37. The Bertz CT molecular complexity index is 544. The second kappa shape index (κ2) is 8.13. The van der Waals surface area contributed by atoms with E-state index in [1.54, 1.807) is 0 Å². The molecule has 2 fully saturated rings. The van der Waals surface area contributed by atoms with E-state index in [1.165, 1.54) is 12.0 Å². The summed E-state index contributed by atoms with van der Waals surface area (Å²) in [6.45, 7) is 6.65. The van der Waals surface area contributed by atoms with Gasteiger partial charge in [0.2, 0.25) is 0 Å². The highest BCUT2D eigenvalue weighted by Gasteiger charge is 2.23. The van der Waals surface area contributed by atoms with Crippen LogP contribution in [-0.4, -0.2) is 53.1 Å². The summed E-state index contributed by atoms with van der Waals surface area (Å²) in [5.41, 5.74) is 2.04. The Kier molecular flexibility index (Phi) is 5.90. The predicted molar refractivity (Wildman–Crippen MR) is 95.9 cm³/mol.